The van der Waals surface area contributed by atoms with Crippen molar-refractivity contribution >= 4 is 0 Å². The maximum Gasteiger partial charge on any atom is 0.0634 e. The van der Waals surface area contributed by atoms with Gasteiger partial charge in [0.05, 0.1) is 5.69 Å². The van der Waals surface area contributed by atoms with Crippen LogP contribution < -0.4 is 5.73 Å². The molecule has 1 aromatic rings. The van der Waals surface area contributed by atoms with Crippen LogP contribution in [0.15, 0.2) is 0 Å². The predicted molar refractivity (Wildman–Crippen MR) is 61.9 cm³/mol. The summed E-state index contributed by atoms with van der Waals surface area (Å²) < 4.78 is 2.00. The van der Waals surface area contributed by atoms with E-state index in [0.29, 0.717) is 5.41 Å². The molecule has 2 rings (SSSR count). The molecule has 0 aromatic carbocycles. The Balaban J connectivity index is 2.42. The summed E-state index contributed by atoms with van der Waals surface area (Å²) >= 11 is 0. The highest BCUT2D eigenvalue weighted by Gasteiger charge is 2.41. The van der Waals surface area contributed by atoms with Gasteiger partial charge in [-0.3, -0.25) is 4.68 Å². The van der Waals surface area contributed by atoms with Gasteiger partial charge in [0.15, 0.2) is 0 Å². The molecule has 0 saturated heterocycles. The Hall–Kier alpha value is -0.830. The van der Waals surface area contributed by atoms with Crippen molar-refractivity contribution in [2.24, 2.45) is 12.8 Å². The summed E-state index contributed by atoms with van der Waals surface area (Å²) in [5, 5.41) is 4.52. The molecule has 0 radical (unpaired) electrons. The minimum absolute atomic E-state index is 0.358. The van der Waals surface area contributed by atoms with Crippen molar-refractivity contribution in [3.05, 3.63) is 17.0 Å². The normalized spacial score (nSPS) is 18.9. The van der Waals surface area contributed by atoms with E-state index in [1.54, 1.807) is 0 Å². The summed E-state index contributed by atoms with van der Waals surface area (Å²) in [6, 6.07) is 0. The number of aryl methyl sites for hydroxylation is 2. The SMILES string of the molecule is Cc1nn(C)c(C)c1C1(CCN)CCC1. The zero-order valence-corrected chi connectivity index (χ0v) is 10.0. The smallest absolute Gasteiger partial charge is 0.0634 e. The molecule has 0 unspecified atom stereocenters. The molecule has 1 aliphatic rings. The second kappa shape index (κ2) is 3.63. The summed E-state index contributed by atoms with van der Waals surface area (Å²) in [4.78, 5) is 0. The van der Waals surface area contributed by atoms with Crippen LogP contribution in [0.5, 0.6) is 0 Å². The van der Waals surface area contributed by atoms with Crippen molar-refractivity contribution in [2.75, 3.05) is 6.54 Å². The third-order valence-corrected chi connectivity index (χ3v) is 3.97. The van der Waals surface area contributed by atoms with Crippen LogP contribution in [0.3, 0.4) is 0 Å². The van der Waals surface area contributed by atoms with Gasteiger partial charge in [-0.05, 0) is 39.7 Å². The molecule has 2 N–H and O–H groups in total. The maximum atomic E-state index is 5.74. The largest absolute Gasteiger partial charge is 0.330 e. The zero-order valence-electron chi connectivity index (χ0n) is 10.0. The highest BCUT2D eigenvalue weighted by atomic mass is 15.3. The minimum atomic E-state index is 0.358. The van der Waals surface area contributed by atoms with Crippen molar-refractivity contribution in [3.8, 4) is 0 Å². The maximum absolute atomic E-state index is 5.74. The van der Waals surface area contributed by atoms with Crippen LogP contribution in [0.1, 0.15) is 42.6 Å². The van der Waals surface area contributed by atoms with E-state index < -0.39 is 0 Å². The summed E-state index contributed by atoms with van der Waals surface area (Å²) in [6.45, 7) is 5.08. The molecule has 0 bridgehead atoms. The summed E-state index contributed by atoms with van der Waals surface area (Å²) in [6.07, 6.45) is 5.03. The number of rotatable bonds is 3. The number of hydrogen-bond donors (Lipinski definition) is 1. The third-order valence-electron chi connectivity index (χ3n) is 3.97. The van der Waals surface area contributed by atoms with E-state index in [0.717, 1.165) is 13.0 Å². The van der Waals surface area contributed by atoms with Gasteiger partial charge in [-0.15, -0.1) is 0 Å². The average Bonchev–Trinajstić information content (AvgIpc) is 2.36. The highest BCUT2D eigenvalue weighted by Crippen LogP contribution is 2.48. The van der Waals surface area contributed by atoms with Gasteiger partial charge < -0.3 is 5.73 Å². The summed E-state index contributed by atoms with van der Waals surface area (Å²) in [5.74, 6) is 0. The first kappa shape index (κ1) is 10.7. The van der Waals surface area contributed by atoms with Crippen LogP contribution in [0.2, 0.25) is 0 Å². The Bertz CT molecular complexity index is 361. The summed E-state index contributed by atoms with van der Waals surface area (Å²) in [7, 11) is 2.03. The molecule has 1 aliphatic carbocycles. The topological polar surface area (TPSA) is 43.8 Å². The average molecular weight is 207 g/mol. The molecule has 0 spiro atoms. The first-order valence-electron chi connectivity index (χ1n) is 5.81. The number of hydrogen-bond acceptors (Lipinski definition) is 2. The molecule has 0 amide bonds. The van der Waals surface area contributed by atoms with Gasteiger partial charge in [0.1, 0.15) is 0 Å². The Morgan fingerprint density at radius 1 is 1.40 bits per heavy atom. The van der Waals surface area contributed by atoms with Gasteiger partial charge >= 0.3 is 0 Å². The highest BCUT2D eigenvalue weighted by molar-refractivity contribution is 5.35. The van der Waals surface area contributed by atoms with Gasteiger partial charge in [0.25, 0.3) is 0 Å². The molecule has 1 saturated carbocycles. The molecule has 1 aromatic heterocycles. The zero-order chi connectivity index (χ0) is 11.1. The van der Waals surface area contributed by atoms with Crippen molar-refractivity contribution < 1.29 is 0 Å². The predicted octanol–water partition coefficient (Wildman–Crippen LogP) is 1.81. The monoisotopic (exact) mass is 207 g/mol. The van der Waals surface area contributed by atoms with Crippen LogP contribution in [0.25, 0.3) is 0 Å². The quantitative estimate of drug-likeness (QED) is 0.821. The molecule has 84 valence electrons. The van der Waals surface area contributed by atoms with E-state index in [4.69, 9.17) is 5.73 Å². The van der Waals surface area contributed by atoms with Gasteiger partial charge in [-0.2, -0.15) is 5.10 Å². The van der Waals surface area contributed by atoms with Crippen LogP contribution in [-0.2, 0) is 12.5 Å². The van der Waals surface area contributed by atoms with Crippen molar-refractivity contribution in [1.29, 1.82) is 0 Å². The first-order chi connectivity index (χ1) is 7.10. The second-order valence-corrected chi connectivity index (χ2v) is 4.84. The van der Waals surface area contributed by atoms with Gasteiger partial charge in [0, 0.05) is 23.7 Å². The lowest BCUT2D eigenvalue weighted by Gasteiger charge is -2.42. The molecule has 1 fully saturated rings. The Kier molecular flexibility index (Phi) is 2.59. The minimum Gasteiger partial charge on any atom is -0.330 e. The van der Waals surface area contributed by atoms with Gasteiger partial charge in [0.2, 0.25) is 0 Å². The number of nitrogens with zero attached hydrogens (tertiary/aromatic N) is 2. The van der Waals surface area contributed by atoms with E-state index >= 15 is 0 Å². The van der Waals surface area contributed by atoms with Crippen molar-refractivity contribution in [2.45, 2.75) is 44.9 Å². The first-order valence-corrected chi connectivity index (χ1v) is 5.81. The van der Waals surface area contributed by atoms with Gasteiger partial charge in [-0.1, -0.05) is 6.42 Å². The van der Waals surface area contributed by atoms with E-state index in [9.17, 15) is 0 Å². The number of aromatic nitrogens is 2. The van der Waals surface area contributed by atoms with E-state index in [1.165, 1.54) is 36.2 Å². The van der Waals surface area contributed by atoms with Crippen LogP contribution in [-0.4, -0.2) is 16.3 Å². The van der Waals surface area contributed by atoms with Crippen LogP contribution >= 0.6 is 0 Å². The molecule has 15 heavy (non-hydrogen) atoms. The van der Waals surface area contributed by atoms with E-state index in [-0.39, 0.29) is 0 Å². The molecule has 0 aliphatic heterocycles. The lowest BCUT2D eigenvalue weighted by molar-refractivity contribution is 0.227. The molecule has 0 atom stereocenters. The van der Waals surface area contributed by atoms with E-state index in [1.807, 2.05) is 11.7 Å². The fourth-order valence-corrected chi connectivity index (χ4v) is 3.05. The van der Waals surface area contributed by atoms with Crippen molar-refractivity contribution in [3.63, 3.8) is 0 Å². The fourth-order valence-electron chi connectivity index (χ4n) is 3.05. The van der Waals surface area contributed by atoms with Crippen LogP contribution in [0, 0.1) is 13.8 Å². The fraction of sp³-hybridized carbons (Fsp3) is 0.750. The van der Waals surface area contributed by atoms with Crippen LogP contribution in [0.4, 0.5) is 0 Å². The second-order valence-electron chi connectivity index (χ2n) is 4.84. The Morgan fingerprint density at radius 2 is 2.07 bits per heavy atom. The number of nitrogens with two attached hydrogens (primary N) is 1. The molecule has 3 nitrogen and oxygen atoms in total. The van der Waals surface area contributed by atoms with Gasteiger partial charge in [-0.25, -0.2) is 0 Å². The third kappa shape index (κ3) is 1.49. The molecular formula is C12H21N3. The lowest BCUT2D eigenvalue weighted by atomic mass is 9.62. The Morgan fingerprint density at radius 3 is 2.40 bits per heavy atom. The Labute approximate surface area is 91.7 Å². The molecule has 3 heteroatoms. The standard InChI is InChI=1S/C12H21N3/c1-9-11(10(2)15(3)14-9)12(7-8-13)5-4-6-12/h4-8,13H2,1-3H3. The molecular weight excluding hydrogens is 186 g/mol. The van der Waals surface area contributed by atoms with E-state index in [2.05, 4.69) is 18.9 Å². The molecule has 1 heterocycles. The summed E-state index contributed by atoms with van der Waals surface area (Å²) in [5.41, 5.74) is 10.1. The van der Waals surface area contributed by atoms with Crippen molar-refractivity contribution in [1.82, 2.24) is 9.78 Å². The lowest BCUT2D eigenvalue weighted by Crippen LogP contribution is -2.37.